The SMILES string of the molecule is COc1ccc(S(=O)(=O)N[C@H]2CN(C(C)=O)C[C@@H]2C2CC2)cc1C. The molecule has 2 aliphatic rings. The summed E-state index contributed by atoms with van der Waals surface area (Å²) in [6.45, 7) is 4.45. The number of hydrogen-bond donors (Lipinski definition) is 1. The fraction of sp³-hybridized carbons (Fsp3) is 0.588. The molecule has 7 heteroatoms. The maximum atomic E-state index is 12.7. The van der Waals surface area contributed by atoms with Crippen molar-refractivity contribution in [3.8, 4) is 5.75 Å². The number of carbonyl (C=O) groups excluding carboxylic acids is 1. The Bertz CT molecular complexity index is 743. The Morgan fingerprint density at radius 2 is 2.00 bits per heavy atom. The van der Waals surface area contributed by atoms with E-state index < -0.39 is 10.0 Å². The molecule has 1 N–H and O–H groups in total. The lowest BCUT2D eigenvalue weighted by Crippen LogP contribution is -2.41. The molecule has 24 heavy (non-hydrogen) atoms. The van der Waals surface area contributed by atoms with Gasteiger partial charge in [0, 0.05) is 26.1 Å². The molecular weight excluding hydrogens is 328 g/mol. The van der Waals surface area contributed by atoms with Crippen LogP contribution >= 0.6 is 0 Å². The molecule has 1 saturated heterocycles. The Balaban J connectivity index is 1.80. The fourth-order valence-electron chi connectivity index (χ4n) is 3.50. The number of likely N-dealkylation sites (tertiary alicyclic amines) is 1. The van der Waals surface area contributed by atoms with E-state index in [4.69, 9.17) is 4.74 Å². The molecule has 132 valence electrons. The van der Waals surface area contributed by atoms with E-state index in [0.29, 0.717) is 24.8 Å². The van der Waals surface area contributed by atoms with Crippen molar-refractivity contribution in [3.05, 3.63) is 23.8 Å². The van der Waals surface area contributed by atoms with Crippen molar-refractivity contribution in [2.75, 3.05) is 20.2 Å². The molecule has 6 nitrogen and oxygen atoms in total. The molecule has 1 saturated carbocycles. The Morgan fingerprint density at radius 3 is 2.54 bits per heavy atom. The van der Waals surface area contributed by atoms with Crippen LogP contribution in [0, 0.1) is 18.8 Å². The third-order valence-electron chi connectivity index (χ3n) is 5.02. The van der Waals surface area contributed by atoms with E-state index >= 15 is 0 Å². The first-order valence-corrected chi connectivity index (χ1v) is 9.72. The van der Waals surface area contributed by atoms with Crippen LogP contribution < -0.4 is 9.46 Å². The summed E-state index contributed by atoms with van der Waals surface area (Å²) in [5, 5.41) is 0. The van der Waals surface area contributed by atoms with Gasteiger partial charge in [-0.05, 0) is 55.4 Å². The van der Waals surface area contributed by atoms with Gasteiger partial charge in [0.05, 0.1) is 12.0 Å². The normalized spacial score (nSPS) is 24.2. The Hall–Kier alpha value is -1.60. The summed E-state index contributed by atoms with van der Waals surface area (Å²) in [6.07, 6.45) is 2.24. The van der Waals surface area contributed by atoms with Gasteiger partial charge in [-0.25, -0.2) is 13.1 Å². The Kier molecular flexibility index (Phi) is 4.57. The molecule has 1 aromatic carbocycles. The van der Waals surface area contributed by atoms with Crippen molar-refractivity contribution >= 4 is 15.9 Å². The number of ether oxygens (including phenoxy) is 1. The number of sulfonamides is 1. The van der Waals surface area contributed by atoms with Gasteiger partial charge in [0.15, 0.2) is 0 Å². The Morgan fingerprint density at radius 1 is 1.29 bits per heavy atom. The summed E-state index contributed by atoms with van der Waals surface area (Å²) in [6, 6.07) is 4.62. The number of aryl methyl sites for hydroxylation is 1. The topological polar surface area (TPSA) is 75.7 Å². The largest absolute Gasteiger partial charge is 0.496 e. The maximum absolute atomic E-state index is 12.7. The third-order valence-corrected chi connectivity index (χ3v) is 6.51. The summed E-state index contributed by atoms with van der Waals surface area (Å²) in [4.78, 5) is 13.6. The highest BCUT2D eigenvalue weighted by molar-refractivity contribution is 7.89. The van der Waals surface area contributed by atoms with E-state index in [1.807, 2.05) is 6.92 Å². The smallest absolute Gasteiger partial charge is 0.240 e. The minimum atomic E-state index is -3.62. The van der Waals surface area contributed by atoms with Gasteiger partial charge in [-0.1, -0.05) is 0 Å². The third kappa shape index (κ3) is 3.42. The van der Waals surface area contributed by atoms with Gasteiger partial charge in [0.1, 0.15) is 5.75 Å². The fourth-order valence-corrected chi connectivity index (χ4v) is 4.86. The van der Waals surface area contributed by atoms with Crippen LogP contribution in [-0.2, 0) is 14.8 Å². The molecule has 0 aromatic heterocycles. The van der Waals surface area contributed by atoms with Gasteiger partial charge in [-0.15, -0.1) is 0 Å². The monoisotopic (exact) mass is 352 g/mol. The summed E-state index contributed by atoms with van der Waals surface area (Å²) in [5.41, 5.74) is 0.774. The minimum absolute atomic E-state index is 0.00244. The molecule has 1 amide bonds. The number of hydrogen-bond acceptors (Lipinski definition) is 4. The van der Waals surface area contributed by atoms with Gasteiger partial charge in [-0.3, -0.25) is 4.79 Å². The van der Waals surface area contributed by atoms with Crippen LogP contribution in [0.15, 0.2) is 23.1 Å². The molecule has 0 unspecified atom stereocenters. The lowest BCUT2D eigenvalue weighted by Gasteiger charge is -2.19. The number of benzene rings is 1. The highest BCUT2D eigenvalue weighted by atomic mass is 32.2. The zero-order valence-electron chi connectivity index (χ0n) is 14.3. The molecule has 0 radical (unpaired) electrons. The number of rotatable bonds is 5. The maximum Gasteiger partial charge on any atom is 0.240 e. The van der Waals surface area contributed by atoms with Crippen LogP contribution in [0.3, 0.4) is 0 Å². The van der Waals surface area contributed by atoms with Gasteiger partial charge in [-0.2, -0.15) is 0 Å². The number of amides is 1. The number of methoxy groups -OCH3 is 1. The molecule has 1 aliphatic carbocycles. The van der Waals surface area contributed by atoms with Gasteiger partial charge in [0.2, 0.25) is 15.9 Å². The average molecular weight is 352 g/mol. The molecule has 1 aromatic rings. The van der Waals surface area contributed by atoms with Crippen LogP contribution in [0.4, 0.5) is 0 Å². The van der Waals surface area contributed by atoms with Crippen molar-refractivity contribution in [1.29, 1.82) is 0 Å². The van der Waals surface area contributed by atoms with Crippen molar-refractivity contribution in [3.63, 3.8) is 0 Å². The molecule has 2 fully saturated rings. The predicted octanol–water partition coefficient (Wildman–Crippen LogP) is 1.54. The van der Waals surface area contributed by atoms with Gasteiger partial charge in [0.25, 0.3) is 0 Å². The lowest BCUT2D eigenvalue weighted by molar-refractivity contribution is -0.128. The van der Waals surface area contributed by atoms with Crippen LogP contribution in [0.25, 0.3) is 0 Å². The first kappa shape index (κ1) is 17.2. The van der Waals surface area contributed by atoms with E-state index in [-0.39, 0.29) is 22.8 Å². The summed E-state index contributed by atoms with van der Waals surface area (Å²) >= 11 is 0. The zero-order chi connectivity index (χ0) is 17.5. The molecule has 0 spiro atoms. The highest BCUT2D eigenvalue weighted by Gasteiger charge is 2.44. The van der Waals surface area contributed by atoms with Crippen LogP contribution in [-0.4, -0.2) is 45.5 Å². The quantitative estimate of drug-likeness (QED) is 0.872. The van der Waals surface area contributed by atoms with Crippen LogP contribution in [0.1, 0.15) is 25.3 Å². The number of nitrogens with one attached hydrogen (secondary N) is 1. The van der Waals surface area contributed by atoms with Gasteiger partial charge < -0.3 is 9.64 Å². The zero-order valence-corrected chi connectivity index (χ0v) is 15.1. The highest BCUT2D eigenvalue weighted by Crippen LogP contribution is 2.41. The first-order chi connectivity index (χ1) is 11.3. The van der Waals surface area contributed by atoms with E-state index in [1.165, 1.54) is 6.92 Å². The first-order valence-electron chi connectivity index (χ1n) is 8.24. The molecule has 3 rings (SSSR count). The summed E-state index contributed by atoms with van der Waals surface area (Å²) in [5.74, 6) is 1.40. The summed E-state index contributed by atoms with van der Waals surface area (Å²) in [7, 11) is -2.06. The van der Waals surface area contributed by atoms with Crippen molar-refractivity contribution in [1.82, 2.24) is 9.62 Å². The number of carbonyl (C=O) groups is 1. The summed E-state index contributed by atoms with van der Waals surface area (Å²) < 4.78 is 33.5. The molecule has 0 bridgehead atoms. The Labute approximate surface area is 143 Å². The van der Waals surface area contributed by atoms with E-state index in [9.17, 15) is 13.2 Å². The van der Waals surface area contributed by atoms with Crippen molar-refractivity contribution in [2.45, 2.75) is 37.6 Å². The van der Waals surface area contributed by atoms with Crippen LogP contribution in [0.2, 0.25) is 0 Å². The minimum Gasteiger partial charge on any atom is -0.496 e. The molecule has 1 aliphatic heterocycles. The number of nitrogens with zero attached hydrogens (tertiary/aromatic N) is 1. The second-order valence-electron chi connectivity index (χ2n) is 6.78. The van der Waals surface area contributed by atoms with Crippen molar-refractivity contribution < 1.29 is 17.9 Å². The van der Waals surface area contributed by atoms with Crippen molar-refractivity contribution in [2.24, 2.45) is 11.8 Å². The average Bonchev–Trinajstić information content (AvgIpc) is 3.28. The second kappa shape index (κ2) is 6.37. The lowest BCUT2D eigenvalue weighted by atomic mass is 9.99. The van der Waals surface area contributed by atoms with Crippen LogP contribution in [0.5, 0.6) is 5.75 Å². The predicted molar refractivity (Wildman–Crippen MR) is 90.3 cm³/mol. The standard InChI is InChI=1S/C17H24N2O4S/c1-11-8-14(6-7-17(11)23-3)24(21,22)18-16-10-19(12(2)20)9-15(16)13-4-5-13/h6-8,13,15-16,18H,4-5,9-10H2,1-3H3/t15-,16+/m1/s1. The van der Waals surface area contributed by atoms with E-state index in [0.717, 1.165) is 18.4 Å². The van der Waals surface area contributed by atoms with E-state index in [1.54, 1.807) is 30.2 Å². The molecular formula is C17H24N2O4S. The molecule has 1 heterocycles. The van der Waals surface area contributed by atoms with E-state index in [2.05, 4.69) is 4.72 Å². The van der Waals surface area contributed by atoms with Gasteiger partial charge >= 0.3 is 0 Å². The second-order valence-corrected chi connectivity index (χ2v) is 8.50. The molecule has 2 atom stereocenters.